The minimum absolute atomic E-state index is 0.146. The van der Waals surface area contributed by atoms with Gasteiger partial charge >= 0.3 is 0 Å². The van der Waals surface area contributed by atoms with Gasteiger partial charge in [0.1, 0.15) is 5.75 Å². The lowest BCUT2D eigenvalue weighted by Crippen LogP contribution is -2.48. The SMILES string of the molecule is CCOc1ccccc1CN1CCN(C(=O)/C(C)=C/c2cccs2)CC1. The van der Waals surface area contributed by atoms with E-state index in [1.807, 2.05) is 54.5 Å². The number of hydrogen-bond acceptors (Lipinski definition) is 4. The lowest BCUT2D eigenvalue weighted by molar-refractivity contribution is -0.128. The van der Waals surface area contributed by atoms with Crippen molar-refractivity contribution < 1.29 is 9.53 Å². The standard InChI is InChI=1S/C21H26N2O2S/c1-3-25-20-9-5-4-7-18(20)16-22-10-12-23(13-11-22)21(24)17(2)15-19-8-6-14-26-19/h4-9,14-15H,3,10-13,16H2,1-2H3/b17-15+. The van der Waals surface area contributed by atoms with Crippen molar-refractivity contribution in [1.29, 1.82) is 0 Å². The minimum atomic E-state index is 0.146. The molecular formula is C21H26N2O2S. The quantitative estimate of drug-likeness (QED) is 0.723. The third-order valence-corrected chi connectivity index (χ3v) is 5.38. The van der Waals surface area contributed by atoms with Crippen LogP contribution in [-0.2, 0) is 11.3 Å². The number of para-hydroxylation sites is 1. The van der Waals surface area contributed by atoms with Crippen molar-refractivity contribution in [2.75, 3.05) is 32.8 Å². The van der Waals surface area contributed by atoms with Crippen molar-refractivity contribution >= 4 is 23.3 Å². The molecule has 5 heteroatoms. The van der Waals surface area contributed by atoms with Crippen LogP contribution < -0.4 is 4.74 Å². The zero-order chi connectivity index (χ0) is 18.4. The molecule has 26 heavy (non-hydrogen) atoms. The molecule has 2 heterocycles. The Labute approximate surface area is 159 Å². The van der Waals surface area contributed by atoms with E-state index in [0.29, 0.717) is 6.61 Å². The van der Waals surface area contributed by atoms with Gasteiger partial charge in [0.15, 0.2) is 0 Å². The summed E-state index contributed by atoms with van der Waals surface area (Å²) in [6.45, 7) is 8.77. The Morgan fingerprint density at radius 3 is 2.62 bits per heavy atom. The first-order chi connectivity index (χ1) is 12.7. The average molecular weight is 371 g/mol. The Hall–Kier alpha value is -2.11. The Balaban J connectivity index is 1.55. The second-order valence-corrected chi connectivity index (χ2v) is 7.43. The number of amides is 1. The molecule has 1 aliphatic rings. The Morgan fingerprint density at radius 2 is 1.92 bits per heavy atom. The fourth-order valence-electron chi connectivity index (χ4n) is 3.18. The molecule has 1 saturated heterocycles. The van der Waals surface area contributed by atoms with Gasteiger partial charge in [0, 0.05) is 48.7 Å². The molecule has 2 aromatic rings. The maximum Gasteiger partial charge on any atom is 0.249 e. The number of nitrogens with zero attached hydrogens (tertiary/aromatic N) is 2. The molecule has 0 atom stereocenters. The van der Waals surface area contributed by atoms with Crippen LogP contribution in [0.3, 0.4) is 0 Å². The van der Waals surface area contributed by atoms with Gasteiger partial charge in [0.05, 0.1) is 6.61 Å². The van der Waals surface area contributed by atoms with Gasteiger partial charge < -0.3 is 9.64 Å². The highest BCUT2D eigenvalue weighted by molar-refractivity contribution is 7.10. The number of ether oxygens (including phenoxy) is 1. The first-order valence-corrected chi connectivity index (χ1v) is 9.99. The summed E-state index contributed by atoms with van der Waals surface area (Å²) in [5.74, 6) is 1.11. The highest BCUT2D eigenvalue weighted by atomic mass is 32.1. The number of carbonyl (C=O) groups excluding carboxylic acids is 1. The molecular weight excluding hydrogens is 344 g/mol. The first-order valence-electron chi connectivity index (χ1n) is 9.11. The van der Waals surface area contributed by atoms with E-state index in [1.165, 1.54) is 5.56 Å². The molecule has 138 valence electrons. The molecule has 0 unspecified atom stereocenters. The van der Waals surface area contributed by atoms with E-state index >= 15 is 0 Å². The van der Waals surface area contributed by atoms with Gasteiger partial charge in [0.2, 0.25) is 5.91 Å². The first kappa shape index (κ1) is 18.7. The van der Waals surface area contributed by atoms with E-state index in [0.717, 1.165) is 48.9 Å². The highest BCUT2D eigenvalue weighted by Crippen LogP contribution is 2.21. The van der Waals surface area contributed by atoms with Crippen LogP contribution in [-0.4, -0.2) is 48.5 Å². The van der Waals surface area contributed by atoms with Crippen LogP contribution in [0.2, 0.25) is 0 Å². The van der Waals surface area contributed by atoms with Gasteiger partial charge in [-0.1, -0.05) is 24.3 Å². The van der Waals surface area contributed by atoms with Crippen LogP contribution >= 0.6 is 11.3 Å². The van der Waals surface area contributed by atoms with Crippen molar-refractivity contribution in [2.24, 2.45) is 0 Å². The molecule has 0 N–H and O–H groups in total. The van der Waals surface area contributed by atoms with Crippen LogP contribution in [0.5, 0.6) is 5.75 Å². The van der Waals surface area contributed by atoms with E-state index in [1.54, 1.807) is 11.3 Å². The fourth-order valence-corrected chi connectivity index (χ4v) is 3.89. The molecule has 1 aromatic carbocycles. The molecule has 0 bridgehead atoms. The number of hydrogen-bond donors (Lipinski definition) is 0. The monoisotopic (exact) mass is 370 g/mol. The van der Waals surface area contributed by atoms with E-state index in [-0.39, 0.29) is 5.91 Å². The van der Waals surface area contributed by atoms with E-state index in [4.69, 9.17) is 4.74 Å². The molecule has 1 aromatic heterocycles. The maximum absolute atomic E-state index is 12.7. The van der Waals surface area contributed by atoms with Crippen molar-refractivity contribution in [3.8, 4) is 5.75 Å². The van der Waals surface area contributed by atoms with E-state index < -0.39 is 0 Å². The van der Waals surface area contributed by atoms with Gasteiger partial charge in [-0.2, -0.15) is 0 Å². The lowest BCUT2D eigenvalue weighted by Gasteiger charge is -2.35. The largest absolute Gasteiger partial charge is 0.494 e. The molecule has 0 aliphatic carbocycles. The van der Waals surface area contributed by atoms with E-state index in [2.05, 4.69) is 17.0 Å². The third kappa shape index (κ3) is 4.74. The third-order valence-electron chi connectivity index (χ3n) is 4.57. The fraction of sp³-hybridized carbons (Fsp3) is 0.381. The minimum Gasteiger partial charge on any atom is -0.494 e. The van der Waals surface area contributed by atoms with Gasteiger partial charge in [0.25, 0.3) is 0 Å². The Bertz CT molecular complexity index is 747. The van der Waals surface area contributed by atoms with Crippen molar-refractivity contribution in [3.05, 3.63) is 57.8 Å². The van der Waals surface area contributed by atoms with Gasteiger partial charge in [-0.15, -0.1) is 11.3 Å². The number of carbonyl (C=O) groups is 1. The zero-order valence-corrected chi connectivity index (χ0v) is 16.3. The average Bonchev–Trinajstić information content (AvgIpc) is 3.16. The number of rotatable bonds is 6. The van der Waals surface area contributed by atoms with Crippen molar-refractivity contribution in [3.63, 3.8) is 0 Å². The summed E-state index contributed by atoms with van der Waals surface area (Å²) in [5, 5.41) is 2.03. The smallest absolute Gasteiger partial charge is 0.249 e. The summed E-state index contributed by atoms with van der Waals surface area (Å²) in [7, 11) is 0. The van der Waals surface area contributed by atoms with Crippen LogP contribution in [0.25, 0.3) is 6.08 Å². The van der Waals surface area contributed by atoms with Crippen molar-refractivity contribution in [2.45, 2.75) is 20.4 Å². The highest BCUT2D eigenvalue weighted by Gasteiger charge is 2.22. The zero-order valence-electron chi connectivity index (χ0n) is 15.5. The predicted molar refractivity (Wildman–Crippen MR) is 107 cm³/mol. The van der Waals surface area contributed by atoms with Gasteiger partial charge in [-0.05, 0) is 37.4 Å². The Morgan fingerprint density at radius 1 is 1.15 bits per heavy atom. The summed E-state index contributed by atoms with van der Waals surface area (Å²) in [6, 6.07) is 12.3. The molecule has 1 fully saturated rings. The van der Waals surface area contributed by atoms with Crippen LogP contribution in [0, 0.1) is 0 Å². The van der Waals surface area contributed by atoms with Crippen LogP contribution in [0.4, 0.5) is 0 Å². The molecule has 3 rings (SSSR count). The Kier molecular flexibility index (Phi) is 6.47. The molecule has 1 amide bonds. The molecule has 4 nitrogen and oxygen atoms in total. The second-order valence-electron chi connectivity index (χ2n) is 6.45. The summed E-state index contributed by atoms with van der Waals surface area (Å²) >= 11 is 1.65. The summed E-state index contributed by atoms with van der Waals surface area (Å²) in [6.07, 6.45) is 1.98. The molecule has 0 spiro atoms. The second kappa shape index (κ2) is 9.01. The van der Waals surface area contributed by atoms with Gasteiger partial charge in [-0.3, -0.25) is 9.69 Å². The summed E-state index contributed by atoms with van der Waals surface area (Å²) in [5.41, 5.74) is 2.02. The van der Waals surface area contributed by atoms with Crippen LogP contribution in [0.1, 0.15) is 24.3 Å². The maximum atomic E-state index is 12.7. The number of thiophene rings is 1. The van der Waals surface area contributed by atoms with E-state index in [9.17, 15) is 4.79 Å². The lowest BCUT2D eigenvalue weighted by atomic mass is 10.1. The number of piperazine rings is 1. The molecule has 0 saturated carbocycles. The topological polar surface area (TPSA) is 32.8 Å². The van der Waals surface area contributed by atoms with Crippen molar-refractivity contribution in [1.82, 2.24) is 9.80 Å². The van der Waals surface area contributed by atoms with Gasteiger partial charge in [-0.25, -0.2) is 0 Å². The molecule has 0 radical (unpaired) electrons. The molecule has 1 aliphatic heterocycles. The normalized spacial score (nSPS) is 15.9. The summed E-state index contributed by atoms with van der Waals surface area (Å²) in [4.78, 5) is 18.1. The predicted octanol–water partition coefficient (Wildman–Crippen LogP) is 3.89. The van der Waals surface area contributed by atoms with Crippen LogP contribution in [0.15, 0.2) is 47.4 Å². The number of benzene rings is 1. The summed E-state index contributed by atoms with van der Waals surface area (Å²) < 4.78 is 5.72.